The molecule has 1 aromatic carbocycles. The van der Waals surface area contributed by atoms with Gasteiger partial charge in [0, 0.05) is 48.9 Å². The number of piperidine rings is 1. The van der Waals surface area contributed by atoms with Crippen LogP contribution in [-0.4, -0.2) is 51.2 Å². The number of nitrogens with zero attached hydrogens (tertiary/aromatic N) is 5. The molecular formula is C22H24FN7. The molecule has 0 bridgehead atoms. The fourth-order valence-electron chi connectivity index (χ4n) is 3.97. The molecule has 0 saturated carbocycles. The quantitative estimate of drug-likeness (QED) is 0.700. The van der Waals surface area contributed by atoms with Gasteiger partial charge in [-0.3, -0.25) is 14.4 Å². The van der Waals surface area contributed by atoms with Gasteiger partial charge >= 0.3 is 0 Å². The van der Waals surface area contributed by atoms with Gasteiger partial charge in [0.15, 0.2) is 0 Å². The van der Waals surface area contributed by atoms with Gasteiger partial charge < -0.3 is 10.6 Å². The predicted octanol–water partition coefficient (Wildman–Crippen LogP) is 2.55. The number of nitrogens with one attached hydrogen (secondary N) is 2. The topological polar surface area (TPSA) is 72.1 Å². The van der Waals surface area contributed by atoms with Gasteiger partial charge in [0.2, 0.25) is 0 Å². The summed E-state index contributed by atoms with van der Waals surface area (Å²) in [7, 11) is 1.91. The lowest BCUT2D eigenvalue weighted by Gasteiger charge is -2.26. The van der Waals surface area contributed by atoms with Crippen LogP contribution in [0.3, 0.4) is 0 Å². The summed E-state index contributed by atoms with van der Waals surface area (Å²) in [5.74, 6) is 0.832. The predicted molar refractivity (Wildman–Crippen MR) is 115 cm³/mol. The summed E-state index contributed by atoms with van der Waals surface area (Å²) >= 11 is 0. The molecule has 0 spiro atoms. The van der Waals surface area contributed by atoms with E-state index in [1.165, 1.54) is 0 Å². The minimum absolute atomic E-state index is 0.202. The van der Waals surface area contributed by atoms with E-state index in [4.69, 9.17) is 4.99 Å². The summed E-state index contributed by atoms with van der Waals surface area (Å²) in [6, 6.07) is 8.04. The Labute approximate surface area is 174 Å². The zero-order valence-corrected chi connectivity index (χ0v) is 16.8. The molecule has 2 atom stereocenters. The number of aliphatic imine (C=N–C) groups is 1. The molecule has 1 unspecified atom stereocenters. The molecule has 1 fully saturated rings. The number of hydrogen-bond acceptors (Lipinski definition) is 5. The zero-order chi connectivity index (χ0) is 20.5. The molecule has 3 aromatic rings. The second kappa shape index (κ2) is 7.87. The van der Waals surface area contributed by atoms with Crippen LogP contribution in [0.4, 0.5) is 4.39 Å². The summed E-state index contributed by atoms with van der Waals surface area (Å²) in [5.41, 5.74) is 5.21. The zero-order valence-electron chi connectivity index (χ0n) is 16.8. The number of aromatic nitrogens is 4. The van der Waals surface area contributed by atoms with E-state index in [0.717, 1.165) is 46.6 Å². The molecule has 4 heterocycles. The van der Waals surface area contributed by atoms with E-state index in [9.17, 15) is 4.39 Å². The fraction of sp³-hybridized carbons (Fsp3) is 0.318. The Hall–Kier alpha value is -3.26. The van der Waals surface area contributed by atoms with E-state index in [1.807, 2.05) is 44.0 Å². The van der Waals surface area contributed by atoms with E-state index in [2.05, 4.69) is 33.0 Å². The first-order valence-corrected chi connectivity index (χ1v) is 10.2. The van der Waals surface area contributed by atoms with Crippen molar-refractivity contribution in [2.45, 2.75) is 18.6 Å². The number of aryl methyl sites for hydroxylation is 1. The third kappa shape index (κ3) is 3.66. The third-order valence-corrected chi connectivity index (χ3v) is 5.65. The van der Waals surface area contributed by atoms with Gasteiger partial charge in [-0.15, -0.1) is 0 Å². The Bertz CT molecular complexity index is 1110. The fourth-order valence-corrected chi connectivity index (χ4v) is 3.97. The summed E-state index contributed by atoms with van der Waals surface area (Å²) in [6.07, 6.45) is 9.38. The average Bonchev–Trinajstić information content (AvgIpc) is 3.44. The van der Waals surface area contributed by atoms with Crippen molar-refractivity contribution in [1.29, 1.82) is 0 Å². The molecule has 2 N–H and O–H groups in total. The first-order valence-electron chi connectivity index (χ1n) is 10.2. The highest BCUT2D eigenvalue weighted by Gasteiger charge is 2.27. The van der Waals surface area contributed by atoms with Gasteiger partial charge in [0.25, 0.3) is 0 Å². The van der Waals surface area contributed by atoms with Crippen molar-refractivity contribution in [1.82, 2.24) is 30.2 Å². The molecule has 2 aromatic heterocycles. The van der Waals surface area contributed by atoms with Crippen LogP contribution in [0.2, 0.25) is 0 Å². The van der Waals surface area contributed by atoms with Crippen LogP contribution >= 0.6 is 0 Å². The van der Waals surface area contributed by atoms with E-state index in [1.54, 1.807) is 15.6 Å². The molecule has 1 saturated heterocycles. The number of rotatable bonds is 4. The number of hydrogen-bond donors (Lipinski definition) is 2. The minimum atomic E-state index is -0.915. The monoisotopic (exact) mass is 405 g/mol. The second-order valence-electron chi connectivity index (χ2n) is 7.75. The maximum Gasteiger partial charge on any atom is 0.135 e. The normalized spacial score (nSPS) is 21.7. The second-order valence-corrected chi connectivity index (χ2v) is 7.75. The van der Waals surface area contributed by atoms with Crippen LogP contribution in [0.1, 0.15) is 23.6 Å². The highest BCUT2D eigenvalue weighted by molar-refractivity contribution is 6.02. The number of alkyl halides is 1. The molecule has 2 aliphatic rings. The standard InChI is InChI=1S/C22H24FN7/c1-29-13-18(10-27-29)15-3-2-4-16(7-15)22-25-8-17(9-26-22)19-11-28-30(14-19)21-5-6-24-12-20(21)23/h2-4,7-8,10-11,13-14,20-21,24H,5-6,9,12H2,1H3,(H,25,26)/t20-,21?/m1/s1. The van der Waals surface area contributed by atoms with Gasteiger partial charge in [0.05, 0.1) is 25.0 Å². The van der Waals surface area contributed by atoms with Crippen LogP contribution in [0.5, 0.6) is 0 Å². The molecule has 0 radical (unpaired) electrons. The molecule has 7 nitrogen and oxygen atoms in total. The van der Waals surface area contributed by atoms with Crippen LogP contribution < -0.4 is 10.6 Å². The van der Waals surface area contributed by atoms with Crippen molar-refractivity contribution in [3.63, 3.8) is 0 Å². The van der Waals surface area contributed by atoms with Gasteiger partial charge in [-0.05, 0) is 30.2 Å². The number of halogens is 1. The highest BCUT2D eigenvalue weighted by Crippen LogP contribution is 2.25. The summed E-state index contributed by atoms with van der Waals surface area (Å²) in [6.45, 7) is 1.75. The SMILES string of the molecule is Cn1cc(-c2cccc(C3=NCC(c4cnn(C5CCNC[C@H]5F)c4)=CN3)c2)cn1. The van der Waals surface area contributed by atoms with Crippen molar-refractivity contribution in [3.05, 3.63) is 66.4 Å². The molecule has 8 heteroatoms. The van der Waals surface area contributed by atoms with Crippen molar-refractivity contribution >= 4 is 11.4 Å². The van der Waals surface area contributed by atoms with E-state index >= 15 is 0 Å². The smallest absolute Gasteiger partial charge is 0.135 e. The summed E-state index contributed by atoms with van der Waals surface area (Å²) in [5, 5.41) is 15.1. The van der Waals surface area contributed by atoms with E-state index in [-0.39, 0.29) is 6.04 Å². The lowest BCUT2D eigenvalue weighted by Crippen LogP contribution is -2.39. The molecule has 0 aliphatic carbocycles. The van der Waals surface area contributed by atoms with Crippen LogP contribution in [0, 0.1) is 0 Å². The van der Waals surface area contributed by atoms with Gasteiger partial charge in [-0.2, -0.15) is 10.2 Å². The Balaban J connectivity index is 1.30. The van der Waals surface area contributed by atoms with Crippen molar-refractivity contribution in [2.24, 2.45) is 12.0 Å². The Morgan fingerprint density at radius 1 is 1.07 bits per heavy atom. The number of amidine groups is 1. The van der Waals surface area contributed by atoms with Crippen LogP contribution in [-0.2, 0) is 7.05 Å². The minimum Gasteiger partial charge on any atom is -0.346 e. The third-order valence-electron chi connectivity index (χ3n) is 5.65. The van der Waals surface area contributed by atoms with Crippen molar-refractivity contribution in [2.75, 3.05) is 19.6 Å². The first-order chi connectivity index (χ1) is 14.7. The van der Waals surface area contributed by atoms with Crippen LogP contribution in [0.15, 0.2) is 60.2 Å². The van der Waals surface area contributed by atoms with Crippen molar-refractivity contribution < 1.29 is 4.39 Å². The van der Waals surface area contributed by atoms with Gasteiger partial charge in [-0.1, -0.05) is 18.2 Å². The maximum absolute atomic E-state index is 14.2. The molecular weight excluding hydrogens is 381 g/mol. The molecule has 154 valence electrons. The molecule has 30 heavy (non-hydrogen) atoms. The van der Waals surface area contributed by atoms with E-state index in [0.29, 0.717) is 13.1 Å². The average molecular weight is 405 g/mol. The van der Waals surface area contributed by atoms with Gasteiger partial charge in [-0.25, -0.2) is 4.39 Å². The maximum atomic E-state index is 14.2. The molecule has 5 rings (SSSR count). The Morgan fingerprint density at radius 3 is 2.70 bits per heavy atom. The summed E-state index contributed by atoms with van der Waals surface area (Å²) in [4.78, 5) is 4.73. The lowest BCUT2D eigenvalue weighted by molar-refractivity contribution is 0.173. The molecule has 2 aliphatic heterocycles. The number of benzene rings is 1. The largest absolute Gasteiger partial charge is 0.346 e. The lowest BCUT2D eigenvalue weighted by atomic mass is 10.0. The van der Waals surface area contributed by atoms with Crippen molar-refractivity contribution in [3.8, 4) is 11.1 Å². The Kier molecular flexibility index (Phi) is 4.92. The van der Waals surface area contributed by atoms with Gasteiger partial charge in [0.1, 0.15) is 12.0 Å². The highest BCUT2D eigenvalue weighted by atomic mass is 19.1. The Morgan fingerprint density at radius 2 is 1.93 bits per heavy atom. The molecule has 0 amide bonds. The van der Waals surface area contributed by atoms with Crippen LogP contribution in [0.25, 0.3) is 16.7 Å². The summed E-state index contributed by atoms with van der Waals surface area (Å²) < 4.78 is 17.8. The van der Waals surface area contributed by atoms with E-state index < -0.39 is 6.17 Å². The first kappa shape index (κ1) is 18.7.